The lowest BCUT2D eigenvalue weighted by molar-refractivity contribution is -0.127. The van der Waals surface area contributed by atoms with Crippen molar-refractivity contribution in [1.29, 1.82) is 0 Å². The van der Waals surface area contributed by atoms with E-state index >= 15 is 0 Å². The third-order valence-electron chi connectivity index (χ3n) is 6.74. The molecule has 0 aliphatic carbocycles. The fourth-order valence-corrected chi connectivity index (χ4v) is 5.13. The van der Waals surface area contributed by atoms with E-state index in [2.05, 4.69) is 30.4 Å². The second-order valence-corrected chi connectivity index (χ2v) is 8.98. The summed E-state index contributed by atoms with van der Waals surface area (Å²) in [5.41, 5.74) is 6.22. The Balaban J connectivity index is 1.57. The molecule has 6 nitrogen and oxygen atoms in total. The standard InChI is InChI=1S/C25H29N3O3/c1-15-13-26-21-11-18(6-8-20(15)21)19-7-9-22-23(12-19)27(14-16(2)28(22)17(3)29)25(30)24-5-4-10-31-24/h6-9,11-12,15-16,24,26H,4-5,10,13-14H2,1-3H3/t15?,16-,24?/m0/s1. The van der Waals surface area contributed by atoms with Crippen LogP contribution in [0.1, 0.15) is 45.1 Å². The molecule has 2 aromatic carbocycles. The lowest BCUT2D eigenvalue weighted by Crippen LogP contribution is -2.53. The molecule has 3 aliphatic rings. The quantitative estimate of drug-likeness (QED) is 0.794. The normalized spacial score (nSPS) is 24.5. The Labute approximate surface area is 183 Å². The molecule has 1 saturated heterocycles. The van der Waals surface area contributed by atoms with E-state index in [-0.39, 0.29) is 17.9 Å². The second-order valence-electron chi connectivity index (χ2n) is 8.98. The fraction of sp³-hybridized carbons (Fsp3) is 0.440. The van der Waals surface area contributed by atoms with Crippen LogP contribution in [0.25, 0.3) is 11.1 Å². The van der Waals surface area contributed by atoms with E-state index in [0.29, 0.717) is 19.1 Å². The number of rotatable bonds is 2. The molecule has 2 unspecified atom stereocenters. The topological polar surface area (TPSA) is 61.9 Å². The third kappa shape index (κ3) is 3.39. The average molecular weight is 420 g/mol. The van der Waals surface area contributed by atoms with Crippen LogP contribution in [0.2, 0.25) is 0 Å². The molecule has 0 aromatic heterocycles. The molecular formula is C25H29N3O3. The van der Waals surface area contributed by atoms with Crippen molar-refractivity contribution in [3.8, 4) is 11.1 Å². The molecule has 6 heteroatoms. The molecule has 162 valence electrons. The molecule has 31 heavy (non-hydrogen) atoms. The summed E-state index contributed by atoms with van der Waals surface area (Å²) in [6.07, 6.45) is 1.27. The summed E-state index contributed by atoms with van der Waals surface area (Å²) in [5.74, 6) is 0.495. The summed E-state index contributed by atoms with van der Waals surface area (Å²) in [7, 11) is 0. The van der Waals surface area contributed by atoms with Gasteiger partial charge in [0, 0.05) is 38.2 Å². The van der Waals surface area contributed by atoms with Gasteiger partial charge in [-0.3, -0.25) is 9.59 Å². The molecule has 2 aromatic rings. The van der Waals surface area contributed by atoms with E-state index in [4.69, 9.17) is 4.74 Å². The number of anilines is 3. The first kappa shape index (κ1) is 20.1. The van der Waals surface area contributed by atoms with E-state index < -0.39 is 6.10 Å². The van der Waals surface area contributed by atoms with Gasteiger partial charge >= 0.3 is 0 Å². The molecule has 0 spiro atoms. The molecule has 3 aliphatic heterocycles. The van der Waals surface area contributed by atoms with Crippen LogP contribution >= 0.6 is 0 Å². The van der Waals surface area contributed by atoms with Gasteiger partial charge in [0.25, 0.3) is 5.91 Å². The first-order chi connectivity index (χ1) is 14.9. The molecule has 3 heterocycles. The van der Waals surface area contributed by atoms with Gasteiger partial charge in [-0.2, -0.15) is 0 Å². The van der Waals surface area contributed by atoms with Crippen LogP contribution < -0.4 is 15.1 Å². The smallest absolute Gasteiger partial charge is 0.256 e. The minimum atomic E-state index is -0.390. The minimum Gasteiger partial charge on any atom is -0.384 e. The maximum absolute atomic E-state index is 13.3. The predicted octanol–water partition coefficient (Wildman–Crippen LogP) is 4.15. The van der Waals surface area contributed by atoms with E-state index in [0.717, 1.165) is 41.9 Å². The Bertz CT molecular complexity index is 1040. The van der Waals surface area contributed by atoms with Crippen molar-refractivity contribution >= 4 is 28.9 Å². The summed E-state index contributed by atoms with van der Waals surface area (Å²) in [5, 5.41) is 3.48. The Morgan fingerprint density at radius 2 is 1.84 bits per heavy atom. The Kier molecular flexibility index (Phi) is 4.97. The van der Waals surface area contributed by atoms with Crippen LogP contribution in [0.15, 0.2) is 36.4 Å². The second kappa shape index (κ2) is 7.68. The molecule has 0 saturated carbocycles. The third-order valence-corrected chi connectivity index (χ3v) is 6.74. The van der Waals surface area contributed by atoms with Gasteiger partial charge < -0.3 is 19.9 Å². The molecule has 0 bridgehead atoms. The van der Waals surface area contributed by atoms with Crippen LogP contribution in [0.3, 0.4) is 0 Å². The minimum absolute atomic E-state index is 0.00426. The van der Waals surface area contributed by atoms with Gasteiger partial charge in [-0.05, 0) is 54.7 Å². The number of ether oxygens (including phenoxy) is 1. The van der Waals surface area contributed by atoms with Crippen molar-refractivity contribution < 1.29 is 14.3 Å². The highest BCUT2D eigenvalue weighted by Crippen LogP contribution is 2.41. The summed E-state index contributed by atoms with van der Waals surface area (Å²) in [6.45, 7) is 7.85. The number of nitrogens with zero attached hydrogens (tertiary/aromatic N) is 2. The zero-order valence-corrected chi connectivity index (χ0v) is 18.4. The maximum atomic E-state index is 13.3. The van der Waals surface area contributed by atoms with Crippen molar-refractivity contribution in [2.24, 2.45) is 0 Å². The van der Waals surface area contributed by atoms with E-state index in [1.165, 1.54) is 11.3 Å². The highest BCUT2D eigenvalue weighted by atomic mass is 16.5. The van der Waals surface area contributed by atoms with Crippen molar-refractivity contribution in [2.45, 2.75) is 51.7 Å². The number of nitrogens with one attached hydrogen (secondary N) is 1. The zero-order chi connectivity index (χ0) is 21.7. The number of hydrogen-bond donors (Lipinski definition) is 1. The van der Waals surface area contributed by atoms with Crippen molar-refractivity contribution in [3.63, 3.8) is 0 Å². The Morgan fingerprint density at radius 3 is 2.58 bits per heavy atom. The van der Waals surface area contributed by atoms with Crippen LogP contribution in [0.4, 0.5) is 17.1 Å². The first-order valence-corrected chi connectivity index (χ1v) is 11.2. The van der Waals surface area contributed by atoms with Gasteiger partial charge in [0.1, 0.15) is 6.10 Å². The van der Waals surface area contributed by atoms with Gasteiger partial charge in [0.2, 0.25) is 5.91 Å². The largest absolute Gasteiger partial charge is 0.384 e. The summed E-state index contributed by atoms with van der Waals surface area (Å²) in [6, 6.07) is 12.5. The van der Waals surface area contributed by atoms with E-state index in [1.54, 1.807) is 11.8 Å². The van der Waals surface area contributed by atoms with Gasteiger partial charge in [0.15, 0.2) is 0 Å². The number of carbonyl (C=O) groups excluding carboxylic acids is 2. The molecule has 1 fully saturated rings. The van der Waals surface area contributed by atoms with Crippen LogP contribution in [0, 0.1) is 0 Å². The summed E-state index contributed by atoms with van der Waals surface area (Å²) in [4.78, 5) is 29.3. The van der Waals surface area contributed by atoms with Crippen molar-refractivity contribution in [1.82, 2.24) is 0 Å². The van der Waals surface area contributed by atoms with Gasteiger partial charge in [-0.1, -0.05) is 25.1 Å². The van der Waals surface area contributed by atoms with Gasteiger partial charge in [0.05, 0.1) is 17.4 Å². The molecule has 0 radical (unpaired) electrons. The van der Waals surface area contributed by atoms with Crippen LogP contribution in [0.5, 0.6) is 0 Å². The van der Waals surface area contributed by atoms with E-state index in [9.17, 15) is 9.59 Å². The lowest BCUT2D eigenvalue weighted by Gasteiger charge is -2.41. The highest BCUT2D eigenvalue weighted by Gasteiger charge is 2.37. The molecule has 3 atom stereocenters. The Hall–Kier alpha value is -2.86. The van der Waals surface area contributed by atoms with Gasteiger partial charge in [-0.25, -0.2) is 0 Å². The zero-order valence-electron chi connectivity index (χ0n) is 18.4. The first-order valence-electron chi connectivity index (χ1n) is 11.2. The molecule has 2 amide bonds. The Morgan fingerprint density at radius 1 is 1.06 bits per heavy atom. The highest BCUT2D eigenvalue weighted by molar-refractivity contribution is 6.06. The number of benzene rings is 2. The van der Waals surface area contributed by atoms with Crippen LogP contribution in [-0.2, 0) is 14.3 Å². The molecule has 5 rings (SSSR count). The van der Waals surface area contributed by atoms with Crippen molar-refractivity contribution in [2.75, 3.05) is 34.8 Å². The maximum Gasteiger partial charge on any atom is 0.256 e. The summed E-state index contributed by atoms with van der Waals surface area (Å²) < 4.78 is 5.69. The van der Waals surface area contributed by atoms with Gasteiger partial charge in [-0.15, -0.1) is 0 Å². The lowest BCUT2D eigenvalue weighted by atomic mass is 9.96. The predicted molar refractivity (Wildman–Crippen MR) is 123 cm³/mol. The molecular weight excluding hydrogens is 390 g/mol. The monoisotopic (exact) mass is 419 g/mol. The molecule has 1 N–H and O–H groups in total. The van der Waals surface area contributed by atoms with Crippen LogP contribution in [-0.4, -0.2) is 43.7 Å². The number of amides is 2. The average Bonchev–Trinajstić information content (AvgIpc) is 3.42. The SMILES string of the molecule is CC(=O)N1c2ccc(-c3ccc4c(c3)NCC4C)cc2N(C(=O)C2CCCO2)C[C@@H]1C. The number of fused-ring (bicyclic) bond motifs is 2. The summed E-state index contributed by atoms with van der Waals surface area (Å²) >= 11 is 0. The van der Waals surface area contributed by atoms with Crippen molar-refractivity contribution in [3.05, 3.63) is 42.0 Å². The fourth-order valence-electron chi connectivity index (χ4n) is 5.13. The number of carbonyl (C=O) groups is 2. The number of hydrogen-bond acceptors (Lipinski definition) is 4. The van der Waals surface area contributed by atoms with E-state index in [1.807, 2.05) is 30.0 Å².